The molecule has 3 nitrogen and oxygen atoms in total. The van der Waals surface area contributed by atoms with Crippen LogP contribution < -0.4 is 0 Å². The lowest BCUT2D eigenvalue weighted by atomic mass is 10.5. The molecule has 0 bridgehead atoms. The maximum absolute atomic E-state index is 9.27. The van der Waals surface area contributed by atoms with E-state index >= 15 is 0 Å². The Balaban J connectivity index is 3.77. The first-order valence-corrected chi connectivity index (χ1v) is 9.41. The monoisotopic (exact) mass is 318 g/mol. The Bertz CT molecular complexity index is 146. The molecule has 0 rings (SSSR count). The first-order chi connectivity index (χ1) is 8.28. The summed E-state index contributed by atoms with van der Waals surface area (Å²) in [4.78, 5) is 0. The topological polar surface area (TPSA) is 60.7 Å². The average molecular weight is 319 g/mol. The van der Waals surface area contributed by atoms with Crippen LogP contribution in [0.2, 0.25) is 0 Å². The zero-order valence-corrected chi connectivity index (χ0v) is 13.2. The molecule has 17 heavy (non-hydrogen) atoms. The average Bonchev–Trinajstić information content (AvgIpc) is 2.36. The minimum atomic E-state index is 0.165. The van der Waals surface area contributed by atoms with E-state index < -0.39 is 0 Å². The summed E-state index contributed by atoms with van der Waals surface area (Å²) in [6.45, 7) is 0.568. The van der Waals surface area contributed by atoms with Crippen LogP contribution in [0, 0.1) is 0 Å². The quantitative estimate of drug-likeness (QED) is 0.316. The van der Waals surface area contributed by atoms with E-state index in [1.54, 1.807) is 35.3 Å². The van der Waals surface area contributed by atoms with Gasteiger partial charge in [-0.05, 0) is 0 Å². The third-order valence-electron chi connectivity index (χ3n) is 1.87. The molecule has 0 aromatic heterocycles. The van der Waals surface area contributed by atoms with Crippen LogP contribution in [0.3, 0.4) is 0 Å². The van der Waals surface area contributed by atoms with Gasteiger partial charge in [0, 0.05) is 39.3 Å². The van der Waals surface area contributed by atoms with Gasteiger partial charge in [0.25, 0.3) is 0 Å². The van der Waals surface area contributed by atoms with Crippen LogP contribution in [-0.4, -0.2) is 74.4 Å². The number of thiol groups is 1. The van der Waals surface area contributed by atoms with Crippen LogP contribution in [0.5, 0.6) is 0 Å². The van der Waals surface area contributed by atoms with E-state index in [1.807, 2.05) is 0 Å². The number of thioether (sulfide) groups is 3. The van der Waals surface area contributed by atoms with Crippen molar-refractivity contribution < 1.29 is 15.3 Å². The van der Waals surface area contributed by atoms with Gasteiger partial charge in [-0.3, -0.25) is 0 Å². The third kappa shape index (κ3) is 10.9. The highest BCUT2D eigenvalue weighted by Crippen LogP contribution is 2.25. The molecular formula is C10H22O3S4. The summed E-state index contributed by atoms with van der Waals surface area (Å²) in [5, 5.41) is 27.3. The van der Waals surface area contributed by atoms with E-state index in [9.17, 15) is 5.11 Å². The van der Waals surface area contributed by atoms with Crippen molar-refractivity contribution in [3.05, 3.63) is 0 Å². The number of hydrogen-bond acceptors (Lipinski definition) is 7. The maximum atomic E-state index is 9.27. The highest BCUT2D eigenvalue weighted by Gasteiger charge is 2.15. The zero-order valence-electron chi connectivity index (χ0n) is 9.83. The highest BCUT2D eigenvalue weighted by atomic mass is 32.2. The predicted molar refractivity (Wildman–Crippen MR) is 84.9 cm³/mol. The molecule has 0 radical (unpaired) electrons. The minimum Gasteiger partial charge on any atom is -0.396 e. The number of rotatable bonds is 12. The maximum Gasteiger partial charge on any atom is 0.0558 e. The smallest absolute Gasteiger partial charge is 0.0558 e. The Morgan fingerprint density at radius 2 is 1.41 bits per heavy atom. The molecule has 0 aliphatic carbocycles. The summed E-state index contributed by atoms with van der Waals surface area (Å²) in [7, 11) is 0. The summed E-state index contributed by atoms with van der Waals surface area (Å²) < 4.78 is 0. The summed E-state index contributed by atoms with van der Waals surface area (Å²) in [6.07, 6.45) is 0. The van der Waals surface area contributed by atoms with Crippen molar-refractivity contribution in [2.24, 2.45) is 0 Å². The fourth-order valence-electron chi connectivity index (χ4n) is 1.10. The molecule has 3 N–H and O–H groups in total. The standard InChI is InChI=1S/C10H22O3S4/c11-1-3-15-7-9(5-13)17-10(6-14)8-16-4-2-12/h9-14H,1-8H2. The SMILES string of the molecule is OCCSCC(CO)SC(CS)CSCCO. The van der Waals surface area contributed by atoms with Gasteiger partial charge in [0.1, 0.15) is 0 Å². The fourth-order valence-corrected chi connectivity index (χ4v) is 4.93. The van der Waals surface area contributed by atoms with Crippen LogP contribution in [0.15, 0.2) is 0 Å². The molecule has 0 heterocycles. The largest absolute Gasteiger partial charge is 0.396 e. The van der Waals surface area contributed by atoms with Gasteiger partial charge in [0.2, 0.25) is 0 Å². The molecule has 0 aromatic carbocycles. The second kappa shape index (κ2) is 13.7. The molecule has 0 saturated heterocycles. The van der Waals surface area contributed by atoms with Crippen LogP contribution in [-0.2, 0) is 0 Å². The highest BCUT2D eigenvalue weighted by molar-refractivity contribution is 8.05. The van der Waals surface area contributed by atoms with Crippen molar-refractivity contribution >= 4 is 47.9 Å². The predicted octanol–water partition coefficient (Wildman–Crippen LogP) is 0.830. The van der Waals surface area contributed by atoms with Gasteiger partial charge in [-0.2, -0.15) is 47.9 Å². The lowest BCUT2D eigenvalue weighted by Gasteiger charge is -2.20. The molecule has 0 aliphatic heterocycles. The Morgan fingerprint density at radius 3 is 1.82 bits per heavy atom. The number of hydrogen-bond donors (Lipinski definition) is 4. The number of aliphatic hydroxyl groups excluding tert-OH is 3. The molecule has 7 heteroatoms. The van der Waals surface area contributed by atoms with Crippen molar-refractivity contribution in [2.75, 3.05) is 48.6 Å². The van der Waals surface area contributed by atoms with Crippen LogP contribution >= 0.6 is 47.9 Å². The van der Waals surface area contributed by atoms with Gasteiger partial charge in [0.15, 0.2) is 0 Å². The molecule has 2 unspecified atom stereocenters. The molecular weight excluding hydrogens is 296 g/mol. The third-order valence-corrected chi connectivity index (χ3v) is 6.62. The molecule has 0 aliphatic rings. The Labute approximate surface area is 122 Å². The van der Waals surface area contributed by atoms with Gasteiger partial charge in [-0.1, -0.05) is 0 Å². The Morgan fingerprint density at radius 1 is 0.882 bits per heavy atom. The van der Waals surface area contributed by atoms with E-state index in [0.29, 0.717) is 5.25 Å². The normalized spacial score (nSPS) is 14.8. The van der Waals surface area contributed by atoms with E-state index in [2.05, 4.69) is 12.6 Å². The van der Waals surface area contributed by atoms with Gasteiger partial charge in [-0.15, -0.1) is 0 Å². The van der Waals surface area contributed by atoms with Crippen molar-refractivity contribution in [1.29, 1.82) is 0 Å². The summed E-state index contributed by atoms with van der Waals surface area (Å²) in [6, 6.07) is 0. The molecule has 0 amide bonds. The van der Waals surface area contributed by atoms with Crippen LogP contribution in [0.25, 0.3) is 0 Å². The minimum absolute atomic E-state index is 0.165. The first-order valence-electron chi connectivity index (χ1n) is 5.52. The summed E-state index contributed by atoms with van der Waals surface area (Å²) in [5.74, 6) is 4.08. The van der Waals surface area contributed by atoms with Gasteiger partial charge < -0.3 is 15.3 Å². The second-order valence-corrected chi connectivity index (χ2v) is 7.61. The van der Waals surface area contributed by atoms with Crippen LogP contribution in [0.1, 0.15) is 0 Å². The molecule has 0 saturated carbocycles. The van der Waals surface area contributed by atoms with Crippen molar-refractivity contribution in [2.45, 2.75) is 10.5 Å². The summed E-state index contributed by atoms with van der Waals surface area (Å²) in [5.41, 5.74) is 0. The lowest BCUT2D eigenvalue weighted by Crippen LogP contribution is -2.20. The molecule has 104 valence electrons. The number of aliphatic hydroxyl groups is 3. The van der Waals surface area contributed by atoms with Gasteiger partial charge in [0.05, 0.1) is 19.8 Å². The molecule has 0 fully saturated rings. The first kappa shape index (κ1) is 18.3. The zero-order chi connectivity index (χ0) is 12.9. The van der Waals surface area contributed by atoms with E-state index in [0.717, 1.165) is 28.8 Å². The lowest BCUT2D eigenvalue weighted by molar-refractivity contribution is 0.300. The van der Waals surface area contributed by atoms with E-state index in [1.165, 1.54) is 0 Å². The van der Waals surface area contributed by atoms with E-state index in [-0.39, 0.29) is 25.1 Å². The fraction of sp³-hybridized carbons (Fsp3) is 1.00. The van der Waals surface area contributed by atoms with Crippen molar-refractivity contribution in [3.8, 4) is 0 Å². The Kier molecular flexibility index (Phi) is 14.7. The molecule has 2 atom stereocenters. The van der Waals surface area contributed by atoms with E-state index in [4.69, 9.17) is 10.2 Å². The van der Waals surface area contributed by atoms with Gasteiger partial charge >= 0.3 is 0 Å². The Hall–Kier alpha value is 1.28. The van der Waals surface area contributed by atoms with Gasteiger partial charge in [-0.25, -0.2) is 0 Å². The molecule has 0 aromatic rings. The summed E-state index contributed by atoms with van der Waals surface area (Å²) >= 11 is 9.46. The van der Waals surface area contributed by atoms with Crippen LogP contribution in [0.4, 0.5) is 0 Å². The van der Waals surface area contributed by atoms with Crippen molar-refractivity contribution in [1.82, 2.24) is 0 Å². The second-order valence-electron chi connectivity index (χ2n) is 3.34. The molecule has 0 spiro atoms. The van der Waals surface area contributed by atoms with Crippen molar-refractivity contribution in [3.63, 3.8) is 0 Å².